The average molecular weight is 312 g/mol. The van der Waals surface area contributed by atoms with E-state index in [1.165, 1.54) is 11.1 Å². The highest BCUT2D eigenvalue weighted by Gasteiger charge is 2.34. The Labute approximate surface area is 137 Å². The van der Waals surface area contributed by atoms with Crippen LogP contribution in [0, 0.1) is 0 Å². The molecule has 1 unspecified atom stereocenters. The van der Waals surface area contributed by atoms with E-state index in [0.717, 1.165) is 37.7 Å². The van der Waals surface area contributed by atoms with Crippen LogP contribution in [-0.2, 0) is 28.0 Å². The number of nitrogens with one attached hydrogen (secondary N) is 1. The van der Waals surface area contributed by atoms with Crippen LogP contribution in [-0.4, -0.2) is 25.3 Å². The molecule has 0 amide bonds. The summed E-state index contributed by atoms with van der Waals surface area (Å²) in [5.74, 6) is 0.882. The monoisotopic (exact) mass is 312 g/mol. The van der Waals surface area contributed by atoms with Gasteiger partial charge in [0.05, 0.1) is 18.9 Å². The van der Waals surface area contributed by atoms with Gasteiger partial charge in [-0.2, -0.15) is 0 Å². The van der Waals surface area contributed by atoms with Gasteiger partial charge in [0.1, 0.15) is 5.82 Å². The first-order valence-electron chi connectivity index (χ1n) is 8.06. The summed E-state index contributed by atoms with van der Waals surface area (Å²) >= 11 is 0. The van der Waals surface area contributed by atoms with Crippen LogP contribution in [0.1, 0.15) is 30.2 Å². The van der Waals surface area contributed by atoms with Gasteiger partial charge >= 0.3 is 0 Å². The maximum absolute atomic E-state index is 5.60. The number of benzene rings is 1. The molecule has 1 N–H and O–H groups in total. The van der Waals surface area contributed by atoms with Gasteiger partial charge in [0.25, 0.3) is 0 Å². The molecular weight excluding hydrogens is 288 g/mol. The predicted octanol–water partition coefficient (Wildman–Crippen LogP) is 3.52. The quantitative estimate of drug-likeness (QED) is 0.886. The number of rotatable bonds is 6. The minimum Gasteiger partial charge on any atom is -0.380 e. The van der Waals surface area contributed by atoms with E-state index in [1.54, 1.807) is 7.11 Å². The summed E-state index contributed by atoms with van der Waals surface area (Å²) in [5, 5.41) is 3.39. The summed E-state index contributed by atoms with van der Waals surface area (Å²) < 4.78 is 11.0. The Bertz CT molecular complexity index is 637. The van der Waals surface area contributed by atoms with Crippen molar-refractivity contribution in [3.05, 3.63) is 59.3 Å². The van der Waals surface area contributed by atoms with Crippen molar-refractivity contribution in [2.45, 2.75) is 31.9 Å². The third-order valence-corrected chi connectivity index (χ3v) is 4.44. The summed E-state index contributed by atoms with van der Waals surface area (Å²) in [6, 6.07) is 14.6. The van der Waals surface area contributed by atoms with Crippen LogP contribution in [0.3, 0.4) is 0 Å². The number of hydrogen-bond donors (Lipinski definition) is 1. The van der Waals surface area contributed by atoms with Crippen LogP contribution in [0.2, 0.25) is 0 Å². The summed E-state index contributed by atoms with van der Waals surface area (Å²) in [5.41, 5.74) is 3.52. The number of hydrogen-bond acceptors (Lipinski definition) is 4. The van der Waals surface area contributed by atoms with E-state index in [2.05, 4.69) is 36.5 Å². The molecule has 1 atom stereocenters. The molecule has 2 aromatic rings. The van der Waals surface area contributed by atoms with E-state index in [4.69, 9.17) is 14.5 Å². The fourth-order valence-corrected chi connectivity index (χ4v) is 3.06. The van der Waals surface area contributed by atoms with E-state index in [9.17, 15) is 0 Å². The molecule has 1 aliphatic rings. The van der Waals surface area contributed by atoms with Gasteiger partial charge in [-0.05, 0) is 23.6 Å². The van der Waals surface area contributed by atoms with Gasteiger partial charge in [-0.1, -0.05) is 43.3 Å². The Hall–Kier alpha value is -1.91. The molecule has 122 valence electrons. The molecule has 23 heavy (non-hydrogen) atoms. The third kappa shape index (κ3) is 3.71. The van der Waals surface area contributed by atoms with E-state index in [1.807, 2.05) is 18.2 Å². The molecule has 4 nitrogen and oxygen atoms in total. The van der Waals surface area contributed by atoms with E-state index in [-0.39, 0.29) is 5.41 Å². The second-order valence-corrected chi connectivity index (χ2v) is 6.33. The molecular formula is C19H24N2O2. The van der Waals surface area contributed by atoms with Crippen molar-refractivity contribution in [3.8, 4) is 0 Å². The van der Waals surface area contributed by atoms with Crippen molar-refractivity contribution >= 4 is 5.82 Å². The van der Waals surface area contributed by atoms with E-state index in [0.29, 0.717) is 6.61 Å². The van der Waals surface area contributed by atoms with Crippen molar-refractivity contribution in [2.75, 3.05) is 25.6 Å². The number of ether oxygens (including phenoxy) is 2. The number of anilines is 1. The molecule has 1 fully saturated rings. The molecule has 1 saturated heterocycles. The van der Waals surface area contributed by atoms with E-state index < -0.39 is 0 Å². The molecule has 0 aliphatic carbocycles. The topological polar surface area (TPSA) is 43.4 Å². The lowest BCUT2D eigenvalue weighted by atomic mass is 9.81. The number of methoxy groups -OCH3 is 1. The fourth-order valence-electron chi connectivity index (χ4n) is 3.06. The Balaban J connectivity index is 1.79. The highest BCUT2D eigenvalue weighted by Crippen LogP contribution is 2.35. The van der Waals surface area contributed by atoms with Crippen LogP contribution in [0.4, 0.5) is 5.82 Å². The zero-order valence-corrected chi connectivity index (χ0v) is 13.8. The van der Waals surface area contributed by atoms with Gasteiger partial charge in [0, 0.05) is 25.7 Å². The van der Waals surface area contributed by atoms with Crippen molar-refractivity contribution in [1.29, 1.82) is 0 Å². The highest BCUT2D eigenvalue weighted by molar-refractivity contribution is 5.42. The molecule has 1 aromatic heterocycles. The summed E-state index contributed by atoms with van der Waals surface area (Å²) in [6.45, 7) is 5.10. The molecule has 0 spiro atoms. The average Bonchev–Trinajstić information content (AvgIpc) is 3.02. The largest absolute Gasteiger partial charge is 0.380 e. The van der Waals surface area contributed by atoms with Crippen molar-refractivity contribution in [1.82, 2.24) is 4.98 Å². The Morgan fingerprint density at radius 1 is 1.22 bits per heavy atom. The minimum absolute atomic E-state index is 0.0405. The lowest BCUT2D eigenvalue weighted by Crippen LogP contribution is -2.24. The first kappa shape index (κ1) is 16.0. The molecule has 1 aliphatic heterocycles. The zero-order valence-electron chi connectivity index (χ0n) is 13.8. The van der Waals surface area contributed by atoms with Crippen molar-refractivity contribution in [3.63, 3.8) is 0 Å². The van der Waals surface area contributed by atoms with Gasteiger partial charge in [-0.25, -0.2) is 4.98 Å². The molecule has 0 saturated carbocycles. The highest BCUT2D eigenvalue weighted by atomic mass is 16.5. The second-order valence-electron chi connectivity index (χ2n) is 6.33. The second kappa shape index (κ2) is 7.11. The van der Waals surface area contributed by atoms with Crippen LogP contribution in [0.15, 0.2) is 42.5 Å². The molecule has 0 radical (unpaired) electrons. The van der Waals surface area contributed by atoms with Crippen LogP contribution < -0.4 is 5.32 Å². The number of pyridine rings is 1. The first-order valence-corrected chi connectivity index (χ1v) is 8.06. The van der Waals surface area contributed by atoms with Crippen molar-refractivity contribution in [2.24, 2.45) is 0 Å². The number of aromatic nitrogens is 1. The normalized spacial score (nSPS) is 20.6. The summed E-state index contributed by atoms with van der Waals surface area (Å²) in [7, 11) is 1.71. The molecule has 0 bridgehead atoms. The molecule has 3 rings (SSSR count). The predicted molar refractivity (Wildman–Crippen MR) is 91.5 cm³/mol. The van der Waals surface area contributed by atoms with E-state index >= 15 is 0 Å². The summed E-state index contributed by atoms with van der Waals surface area (Å²) in [6.07, 6.45) is 1.03. The fraction of sp³-hybridized carbons (Fsp3) is 0.421. The summed E-state index contributed by atoms with van der Waals surface area (Å²) in [4.78, 5) is 4.78. The SMILES string of the molecule is COCc1nc(NCc2ccccc2)ccc1C1(C)CCOC1. The van der Waals surface area contributed by atoms with Gasteiger partial charge in [-0.15, -0.1) is 0 Å². The van der Waals surface area contributed by atoms with Crippen LogP contribution >= 0.6 is 0 Å². The molecule has 1 aromatic carbocycles. The zero-order chi connectivity index (χ0) is 16.1. The lowest BCUT2D eigenvalue weighted by Gasteiger charge is -2.25. The standard InChI is InChI=1S/C19H24N2O2/c1-19(10-11-23-14-19)16-8-9-18(21-17(16)13-22-2)20-12-15-6-4-3-5-7-15/h3-9H,10-14H2,1-2H3,(H,20,21). The first-order chi connectivity index (χ1) is 11.2. The Kier molecular flexibility index (Phi) is 4.94. The van der Waals surface area contributed by atoms with Gasteiger partial charge < -0.3 is 14.8 Å². The maximum atomic E-state index is 5.60. The number of nitrogens with zero attached hydrogens (tertiary/aromatic N) is 1. The van der Waals surface area contributed by atoms with Gasteiger partial charge in [-0.3, -0.25) is 0 Å². The minimum atomic E-state index is 0.0405. The van der Waals surface area contributed by atoms with Crippen LogP contribution in [0.5, 0.6) is 0 Å². The van der Waals surface area contributed by atoms with Gasteiger partial charge in [0.2, 0.25) is 0 Å². The van der Waals surface area contributed by atoms with Crippen molar-refractivity contribution < 1.29 is 9.47 Å². The van der Waals surface area contributed by atoms with Crippen LogP contribution in [0.25, 0.3) is 0 Å². The van der Waals surface area contributed by atoms with Gasteiger partial charge in [0.15, 0.2) is 0 Å². The maximum Gasteiger partial charge on any atom is 0.126 e. The third-order valence-electron chi connectivity index (χ3n) is 4.44. The smallest absolute Gasteiger partial charge is 0.126 e. The molecule has 4 heteroatoms. The molecule has 2 heterocycles. The Morgan fingerprint density at radius 2 is 2.04 bits per heavy atom. The lowest BCUT2D eigenvalue weighted by molar-refractivity contribution is 0.171. The Morgan fingerprint density at radius 3 is 2.74 bits per heavy atom.